The summed E-state index contributed by atoms with van der Waals surface area (Å²) < 4.78 is 4.83. The molecule has 0 bridgehead atoms. The van der Waals surface area contributed by atoms with E-state index in [4.69, 9.17) is 51.1 Å². The lowest BCUT2D eigenvalue weighted by atomic mass is 10.3. The average Bonchev–Trinajstić information content (AvgIpc) is 2.50. The molecule has 0 unspecified atom stereocenters. The fourth-order valence-electron chi connectivity index (χ4n) is 1.42. The number of ether oxygens (including phenoxy) is 1. The van der Waals surface area contributed by atoms with E-state index in [9.17, 15) is 9.59 Å². The Balaban J connectivity index is 1.93. The molecule has 2 rings (SSSR count). The van der Waals surface area contributed by atoms with Gasteiger partial charge >= 0.3 is 5.97 Å². The van der Waals surface area contributed by atoms with Crippen LogP contribution in [0.25, 0.3) is 0 Å². The minimum Gasteiger partial charge on any atom is -0.452 e. The number of aromatic nitrogens is 2. The number of esters is 1. The van der Waals surface area contributed by atoms with E-state index in [0.29, 0.717) is 5.02 Å². The number of rotatable bonds is 4. The van der Waals surface area contributed by atoms with Gasteiger partial charge in [0, 0.05) is 12.4 Å². The van der Waals surface area contributed by atoms with Crippen molar-refractivity contribution in [3.63, 3.8) is 0 Å². The first kappa shape index (κ1) is 17.7. The van der Waals surface area contributed by atoms with Crippen LogP contribution in [0.5, 0.6) is 0 Å². The molecule has 2 aromatic heterocycles. The van der Waals surface area contributed by atoms with Crippen molar-refractivity contribution >= 4 is 64.1 Å². The van der Waals surface area contributed by atoms with Crippen molar-refractivity contribution in [1.29, 1.82) is 0 Å². The molecule has 0 radical (unpaired) electrons. The molecule has 0 aliphatic rings. The maximum atomic E-state index is 11.8. The summed E-state index contributed by atoms with van der Waals surface area (Å²) in [6.45, 7) is -0.542. The van der Waals surface area contributed by atoms with Crippen LogP contribution < -0.4 is 5.32 Å². The van der Waals surface area contributed by atoms with Gasteiger partial charge < -0.3 is 10.1 Å². The van der Waals surface area contributed by atoms with Crippen LogP contribution in [-0.4, -0.2) is 28.5 Å². The third kappa shape index (κ3) is 4.94. The number of anilines is 1. The molecule has 23 heavy (non-hydrogen) atoms. The highest BCUT2D eigenvalue weighted by Gasteiger charge is 2.14. The van der Waals surface area contributed by atoms with Crippen molar-refractivity contribution in [1.82, 2.24) is 9.97 Å². The Labute approximate surface area is 150 Å². The van der Waals surface area contributed by atoms with E-state index in [1.54, 1.807) is 0 Å². The summed E-state index contributed by atoms with van der Waals surface area (Å²) >= 11 is 22.9. The van der Waals surface area contributed by atoms with Gasteiger partial charge in [0.25, 0.3) is 5.91 Å². The molecule has 10 heteroatoms. The lowest BCUT2D eigenvalue weighted by Crippen LogP contribution is -2.21. The van der Waals surface area contributed by atoms with Crippen molar-refractivity contribution in [2.24, 2.45) is 0 Å². The van der Waals surface area contributed by atoms with E-state index >= 15 is 0 Å². The van der Waals surface area contributed by atoms with Crippen molar-refractivity contribution < 1.29 is 14.3 Å². The van der Waals surface area contributed by atoms with Crippen molar-refractivity contribution in [2.75, 3.05) is 11.9 Å². The highest BCUT2D eigenvalue weighted by molar-refractivity contribution is 6.41. The Kier molecular flexibility index (Phi) is 6.01. The van der Waals surface area contributed by atoms with Gasteiger partial charge in [-0.15, -0.1) is 0 Å². The number of nitrogens with one attached hydrogen (secondary N) is 1. The number of carbonyl (C=O) groups excluding carboxylic acids is 2. The van der Waals surface area contributed by atoms with Gasteiger partial charge in [-0.1, -0.05) is 46.4 Å². The zero-order chi connectivity index (χ0) is 17.0. The molecule has 2 aromatic rings. The number of hydrogen-bond donors (Lipinski definition) is 1. The molecule has 0 aliphatic carbocycles. The first-order valence-electron chi connectivity index (χ1n) is 5.96. The normalized spacial score (nSPS) is 10.3. The lowest BCUT2D eigenvalue weighted by Gasteiger charge is -2.07. The summed E-state index contributed by atoms with van der Waals surface area (Å²) in [6.07, 6.45) is 2.50. The zero-order valence-electron chi connectivity index (χ0n) is 11.1. The van der Waals surface area contributed by atoms with Gasteiger partial charge in [-0.05, 0) is 12.1 Å². The second-order valence-corrected chi connectivity index (χ2v) is 5.71. The fourth-order valence-corrected chi connectivity index (χ4v) is 2.12. The highest BCUT2D eigenvalue weighted by atomic mass is 35.5. The van der Waals surface area contributed by atoms with Gasteiger partial charge in [-0.2, -0.15) is 0 Å². The number of halogens is 4. The SMILES string of the molecule is O=C(COC(=O)c1cnc(Cl)c(Cl)c1)Nc1ncc(Cl)cc1Cl. The van der Waals surface area contributed by atoms with Gasteiger partial charge in [0.15, 0.2) is 12.4 Å². The molecule has 0 spiro atoms. The molecule has 6 nitrogen and oxygen atoms in total. The Morgan fingerprint density at radius 1 is 1.04 bits per heavy atom. The Bertz CT molecular complexity index is 770. The summed E-state index contributed by atoms with van der Waals surface area (Å²) in [5.74, 6) is -1.29. The number of amides is 1. The maximum absolute atomic E-state index is 11.8. The van der Waals surface area contributed by atoms with Gasteiger partial charge in [-0.25, -0.2) is 14.8 Å². The Hall–Kier alpha value is -1.60. The van der Waals surface area contributed by atoms with E-state index < -0.39 is 18.5 Å². The molecule has 0 fully saturated rings. The van der Waals surface area contributed by atoms with E-state index in [1.807, 2.05) is 0 Å². The minimum atomic E-state index is -0.777. The monoisotopic (exact) mass is 393 g/mol. The third-order valence-corrected chi connectivity index (χ3v) is 3.61. The van der Waals surface area contributed by atoms with Crippen molar-refractivity contribution in [3.8, 4) is 0 Å². The summed E-state index contributed by atoms with van der Waals surface area (Å²) in [7, 11) is 0. The number of pyridine rings is 2. The molecular formula is C13H7Cl4N3O3. The standard InChI is InChI=1S/C13H7Cl4N3O3/c14-7-2-9(16)12(19-4-7)20-10(21)5-23-13(22)6-1-8(15)11(17)18-3-6/h1-4H,5H2,(H,19,20,21). The number of carbonyl (C=O) groups is 2. The van der Waals surface area contributed by atoms with Crippen LogP contribution in [0.15, 0.2) is 24.5 Å². The highest BCUT2D eigenvalue weighted by Crippen LogP contribution is 2.22. The van der Waals surface area contributed by atoms with Crippen LogP contribution in [0.1, 0.15) is 10.4 Å². The predicted molar refractivity (Wildman–Crippen MR) is 87.4 cm³/mol. The van der Waals surface area contributed by atoms with Crippen LogP contribution in [0, 0.1) is 0 Å². The first-order valence-corrected chi connectivity index (χ1v) is 7.47. The largest absolute Gasteiger partial charge is 0.452 e. The van der Waals surface area contributed by atoms with E-state index in [-0.39, 0.29) is 26.6 Å². The van der Waals surface area contributed by atoms with Crippen LogP contribution in [0.4, 0.5) is 5.82 Å². The Morgan fingerprint density at radius 3 is 2.43 bits per heavy atom. The van der Waals surface area contributed by atoms with Crippen molar-refractivity contribution in [2.45, 2.75) is 0 Å². The lowest BCUT2D eigenvalue weighted by molar-refractivity contribution is -0.119. The third-order valence-electron chi connectivity index (χ3n) is 2.43. The summed E-state index contributed by atoms with van der Waals surface area (Å²) in [5.41, 5.74) is 0.0647. The van der Waals surface area contributed by atoms with Crippen LogP contribution in [0.3, 0.4) is 0 Å². The van der Waals surface area contributed by atoms with Gasteiger partial charge in [-0.3, -0.25) is 4.79 Å². The zero-order valence-corrected chi connectivity index (χ0v) is 14.2. The minimum absolute atomic E-state index is 0.0596. The smallest absolute Gasteiger partial charge is 0.340 e. The molecule has 1 N–H and O–H groups in total. The Morgan fingerprint density at radius 2 is 1.78 bits per heavy atom. The van der Waals surface area contributed by atoms with Crippen LogP contribution in [-0.2, 0) is 9.53 Å². The second kappa shape index (κ2) is 7.79. The second-order valence-electron chi connectivity index (χ2n) is 4.10. The predicted octanol–water partition coefficient (Wildman–Crippen LogP) is 3.89. The maximum Gasteiger partial charge on any atom is 0.340 e. The van der Waals surface area contributed by atoms with Crippen LogP contribution >= 0.6 is 46.4 Å². The first-order chi connectivity index (χ1) is 10.9. The number of nitrogens with zero attached hydrogens (tertiary/aromatic N) is 2. The molecule has 0 saturated carbocycles. The summed E-state index contributed by atoms with van der Waals surface area (Å²) in [6, 6.07) is 2.70. The molecule has 1 amide bonds. The van der Waals surface area contributed by atoms with E-state index in [0.717, 1.165) is 0 Å². The number of hydrogen-bond acceptors (Lipinski definition) is 5. The van der Waals surface area contributed by atoms with Crippen LogP contribution in [0.2, 0.25) is 20.2 Å². The quantitative estimate of drug-likeness (QED) is 0.628. The van der Waals surface area contributed by atoms with Gasteiger partial charge in [0.05, 0.1) is 20.6 Å². The van der Waals surface area contributed by atoms with Crippen molar-refractivity contribution in [3.05, 3.63) is 50.3 Å². The molecule has 120 valence electrons. The fraction of sp³-hybridized carbons (Fsp3) is 0.0769. The van der Waals surface area contributed by atoms with Gasteiger partial charge in [0.2, 0.25) is 0 Å². The molecule has 0 atom stereocenters. The molecule has 0 aliphatic heterocycles. The van der Waals surface area contributed by atoms with E-state index in [1.165, 1.54) is 24.5 Å². The van der Waals surface area contributed by atoms with Gasteiger partial charge in [0.1, 0.15) is 5.15 Å². The molecule has 2 heterocycles. The molecule has 0 saturated heterocycles. The van der Waals surface area contributed by atoms with E-state index in [2.05, 4.69) is 15.3 Å². The summed E-state index contributed by atoms with van der Waals surface area (Å²) in [5, 5.41) is 3.03. The average molecular weight is 395 g/mol. The molecule has 0 aromatic carbocycles. The topological polar surface area (TPSA) is 81.2 Å². The summed E-state index contributed by atoms with van der Waals surface area (Å²) in [4.78, 5) is 31.0. The molecular weight excluding hydrogens is 388 g/mol.